The van der Waals surface area contributed by atoms with Gasteiger partial charge in [0.15, 0.2) is 0 Å². The predicted octanol–water partition coefficient (Wildman–Crippen LogP) is 8.04. The molecule has 2 N–H and O–H groups in total. The van der Waals surface area contributed by atoms with Gasteiger partial charge in [-0.15, -0.1) is 11.8 Å². The van der Waals surface area contributed by atoms with Gasteiger partial charge in [0.2, 0.25) is 0 Å². The van der Waals surface area contributed by atoms with Gasteiger partial charge in [-0.05, 0) is 89.8 Å². The minimum Gasteiger partial charge on any atom is -0.380 e. The number of carbonyl (C=O) groups is 1. The highest BCUT2D eigenvalue weighted by atomic mass is 35.5. The van der Waals surface area contributed by atoms with Crippen molar-refractivity contribution in [3.8, 4) is 11.1 Å². The van der Waals surface area contributed by atoms with Crippen molar-refractivity contribution in [3.63, 3.8) is 0 Å². The average Bonchev–Trinajstić information content (AvgIpc) is 3.28. The minimum absolute atomic E-state index is 0.0137. The van der Waals surface area contributed by atoms with Crippen LogP contribution in [-0.4, -0.2) is 109 Å². The summed E-state index contributed by atoms with van der Waals surface area (Å²) in [7, 11) is -10.9. The number of hydrogen-bond donors (Lipinski definition) is 2. The lowest BCUT2D eigenvalue weighted by atomic mass is 9.99. The van der Waals surface area contributed by atoms with Crippen LogP contribution in [0.2, 0.25) is 5.02 Å². The van der Waals surface area contributed by atoms with Crippen LogP contribution in [0.15, 0.2) is 136 Å². The van der Waals surface area contributed by atoms with E-state index < -0.39 is 52.8 Å². The number of hydrogen-bond acceptors (Lipinski definition) is 11. The fraction of sp³-hybridized carbons (Fsp3) is 0.311. The van der Waals surface area contributed by atoms with Crippen molar-refractivity contribution < 1.29 is 39.5 Å². The number of carbonyl (C=O) groups excluding carboxylic acids is 1. The van der Waals surface area contributed by atoms with Crippen LogP contribution in [0.4, 0.5) is 24.5 Å². The van der Waals surface area contributed by atoms with Crippen molar-refractivity contribution in [3.05, 3.63) is 137 Å². The van der Waals surface area contributed by atoms with Gasteiger partial charge in [-0.25, -0.2) is 21.6 Å². The number of nitrogens with one attached hydrogen (secondary N) is 2. The van der Waals surface area contributed by atoms with E-state index in [1.54, 1.807) is 12.1 Å². The second kappa shape index (κ2) is 20.5. The number of alkyl halides is 3. The monoisotopic (exact) mass is 941 g/mol. The van der Waals surface area contributed by atoms with E-state index in [1.807, 2.05) is 71.5 Å². The molecule has 18 heteroatoms. The van der Waals surface area contributed by atoms with Crippen molar-refractivity contribution in [2.45, 2.75) is 39.2 Å². The lowest BCUT2D eigenvalue weighted by Crippen LogP contribution is -2.46. The molecule has 63 heavy (non-hydrogen) atoms. The number of morpholine rings is 1. The molecule has 1 amide bonds. The molecule has 2 heterocycles. The van der Waals surface area contributed by atoms with Crippen molar-refractivity contribution in [1.29, 1.82) is 0 Å². The first-order valence-corrected chi connectivity index (χ1v) is 24.7. The molecule has 5 aromatic carbocycles. The number of sulfonamides is 1. The fourth-order valence-corrected chi connectivity index (χ4v) is 10.6. The maximum atomic E-state index is 14.1. The second-order valence-corrected chi connectivity index (χ2v) is 20.3. The zero-order valence-electron chi connectivity index (χ0n) is 34.1. The summed E-state index contributed by atoms with van der Waals surface area (Å²) in [5.74, 6) is -0.666. The third kappa shape index (κ3) is 11.9. The molecule has 334 valence electrons. The maximum absolute atomic E-state index is 14.1. The van der Waals surface area contributed by atoms with Gasteiger partial charge >= 0.3 is 5.51 Å². The van der Waals surface area contributed by atoms with Gasteiger partial charge in [-0.2, -0.15) is 13.2 Å². The van der Waals surface area contributed by atoms with E-state index >= 15 is 0 Å². The highest BCUT2D eigenvalue weighted by molar-refractivity contribution is 7.99. The zero-order chi connectivity index (χ0) is 44.6. The Morgan fingerprint density at radius 3 is 2.13 bits per heavy atom. The van der Waals surface area contributed by atoms with Gasteiger partial charge in [0, 0.05) is 85.3 Å². The largest absolute Gasteiger partial charge is 0.501 e. The van der Waals surface area contributed by atoms with Gasteiger partial charge < -0.3 is 15.0 Å². The summed E-state index contributed by atoms with van der Waals surface area (Å²) in [5.41, 5.74) is -1.91. The van der Waals surface area contributed by atoms with Crippen molar-refractivity contribution in [2.24, 2.45) is 0 Å². The molecule has 2 saturated heterocycles. The van der Waals surface area contributed by atoms with Crippen LogP contribution in [0.1, 0.15) is 22.3 Å². The lowest BCUT2D eigenvalue weighted by Gasteiger charge is -2.36. The number of anilines is 2. The molecule has 0 unspecified atom stereocenters. The van der Waals surface area contributed by atoms with Crippen LogP contribution < -0.4 is 14.9 Å². The second-order valence-electron chi connectivity index (χ2n) is 15.2. The number of benzene rings is 5. The third-order valence-electron chi connectivity index (χ3n) is 11.0. The normalized spacial score (nSPS) is 16.1. The van der Waals surface area contributed by atoms with Crippen molar-refractivity contribution in [1.82, 2.24) is 14.5 Å². The molecule has 0 radical (unpaired) electrons. The molecule has 1 atom stereocenters. The molecular formula is C45H47ClF3N5O6S3. The van der Waals surface area contributed by atoms with E-state index in [2.05, 4.69) is 32.1 Å². The predicted molar refractivity (Wildman–Crippen MR) is 242 cm³/mol. The average molecular weight is 943 g/mol. The van der Waals surface area contributed by atoms with Gasteiger partial charge in [-0.1, -0.05) is 66.2 Å². The Balaban J connectivity index is 1.02. The lowest BCUT2D eigenvalue weighted by molar-refractivity contribution is -0.0435. The smallest absolute Gasteiger partial charge is 0.380 e. The number of thioether (sulfide) groups is 1. The molecule has 0 aliphatic carbocycles. The first kappa shape index (κ1) is 46.4. The minimum atomic E-state index is -6.05. The Labute approximate surface area is 375 Å². The van der Waals surface area contributed by atoms with Crippen LogP contribution in [0.5, 0.6) is 0 Å². The maximum Gasteiger partial charge on any atom is 0.501 e. The van der Waals surface area contributed by atoms with E-state index in [4.69, 9.17) is 16.3 Å². The summed E-state index contributed by atoms with van der Waals surface area (Å²) < 4.78 is 103. The van der Waals surface area contributed by atoms with Gasteiger partial charge in [0.05, 0.1) is 23.8 Å². The molecule has 7 rings (SSSR count). The van der Waals surface area contributed by atoms with E-state index in [0.29, 0.717) is 69.2 Å². The number of nitrogens with zero attached hydrogens (tertiary/aromatic N) is 3. The Morgan fingerprint density at radius 2 is 1.44 bits per heavy atom. The Hall–Kier alpha value is -4.62. The molecule has 2 fully saturated rings. The molecule has 5 aromatic rings. The number of sulfone groups is 1. The van der Waals surface area contributed by atoms with Crippen LogP contribution in [0, 0.1) is 0 Å². The van der Waals surface area contributed by atoms with Crippen LogP contribution in [0.3, 0.4) is 0 Å². The summed E-state index contributed by atoms with van der Waals surface area (Å²) in [6.45, 7) is 6.73. The Kier molecular flexibility index (Phi) is 15.1. The summed E-state index contributed by atoms with van der Waals surface area (Å²) in [4.78, 5) is 18.8. The first-order valence-electron chi connectivity index (χ1n) is 20.3. The van der Waals surface area contributed by atoms with E-state index in [-0.39, 0.29) is 5.56 Å². The number of amides is 1. The molecular weight excluding hydrogens is 895 g/mol. The highest BCUT2D eigenvalue weighted by Crippen LogP contribution is 2.37. The summed E-state index contributed by atoms with van der Waals surface area (Å²) in [6.07, 6.45) is 0.442. The quantitative estimate of drug-likeness (QED) is 0.0934. The standard InChI is InChI=1S/C45H47ClF3N5O6S3/c46-36-14-10-33(11-15-36)41-9-5-4-6-35(41)31-53-22-24-54(25-23-53)38-16-12-34(13-17-38)44(55)51-63(58,59)40-18-19-42(43(30-40)62(56,57)45(47,48)49)50-37(20-21-52-26-28-60-29-27-52)32-61-39-7-2-1-3-8-39/h1-19,30,37,50H,20-29,31-32H2,(H,51,55)/t37-/m1/s1. The van der Waals surface area contributed by atoms with Crippen molar-refractivity contribution in [2.75, 3.05) is 75.0 Å². The fourth-order valence-electron chi connectivity index (χ4n) is 7.47. The van der Waals surface area contributed by atoms with E-state index in [9.17, 15) is 34.8 Å². The molecule has 0 aromatic heterocycles. The topological polar surface area (TPSA) is 128 Å². The zero-order valence-corrected chi connectivity index (χ0v) is 37.3. The van der Waals surface area contributed by atoms with Gasteiger partial charge in [0.1, 0.15) is 4.90 Å². The number of ether oxygens (including phenoxy) is 1. The van der Waals surface area contributed by atoms with Crippen LogP contribution in [0.25, 0.3) is 11.1 Å². The highest BCUT2D eigenvalue weighted by Gasteiger charge is 2.48. The van der Waals surface area contributed by atoms with Gasteiger partial charge in [0.25, 0.3) is 25.8 Å². The first-order chi connectivity index (χ1) is 30.2. The molecule has 0 bridgehead atoms. The van der Waals surface area contributed by atoms with Gasteiger partial charge in [-0.3, -0.25) is 14.6 Å². The Bertz CT molecular complexity index is 2560. The van der Waals surface area contributed by atoms with E-state index in [1.165, 1.54) is 29.5 Å². The molecule has 11 nitrogen and oxygen atoms in total. The van der Waals surface area contributed by atoms with E-state index in [0.717, 1.165) is 53.5 Å². The summed E-state index contributed by atoms with van der Waals surface area (Å²) >= 11 is 7.56. The molecule has 0 spiro atoms. The summed E-state index contributed by atoms with van der Waals surface area (Å²) in [6, 6.07) is 33.6. The number of piperazine rings is 1. The SMILES string of the molecule is O=C(NS(=O)(=O)c1ccc(N[C@H](CCN2CCOCC2)CSc2ccccc2)c(S(=O)(=O)C(F)(F)F)c1)c1ccc(N2CCN(Cc3ccccc3-c3ccc(Cl)cc3)CC2)cc1. The van der Waals surface area contributed by atoms with Crippen LogP contribution in [-0.2, 0) is 31.1 Å². The van der Waals surface area contributed by atoms with Crippen molar-refractivity contribution >= 4 is 60.5 Å². The van der Waals surface area contributed by atoms with Crippen LogP contribution >= 0.6 is 23.4 Å². The summed E-state index contributed by atoms with van der Waals surface area (Å²) in [5, 5.41) is 3.66. The molecule has 0 saturated carbocycles. The molecule has 2 aliphatic rings. The third-order valence-corrected chi connectivity index (χ3v) is 15.3. The number of rotatable bonds is 16. The molecule has 2 aliphatic heterocycles. The number of halogens is 4. The Morgan fingerprint density at radius 1 is 0.778 bits per heavy atom.